The predicted molar refractivity (Wildman–Crippen MR) is 95.9 cm³/mol. The summed E-state index contributed by atoms with van der Waals surface area (Å²) in [5.74, 6) is -0.369. The topological polar surface area (TPSA) is 72.1 Å². The van der Waals surface area contributed by atoms with Gasteiger partial charge in [-0.05, 0) is 19.2 Å². The van der Waals surface area contributed by atoms with Gasteiger partial charge >= 0.3 is 6.36 Å². The van der Waals surface area contributed by atoms with E-state index in [1.165, 1.54) is 18.2 Å². The molecule has 1 aromatic rings. The first-order valence-corrected chi connectivity index (χ1v) is 7.05. The number of hydrogen-bond donors (Lipinski definition) is 2. The molecule has 1 fully saturated rings. The number of para-hydroxylation sites is 2. The van der Waals surface area contributed by atoms with Crippen molar-refractivity contribution in [1.29, 1.82) is 0 Å². The molecule has 0 amide bonds. The van der Waals surface area contributed by atoms with Crippen molar-refractivity contribution in [2.24, 2.45) is 10.7 Å². The van der Waals surface area contributed by atoms with E-state index < -0.39 is 6.36 Å². The van der Waals surface area contributed by atoms with Crippen LogP contribution in [0.3, 0.4) is 0 Å². The molecule has 136 valence electrons. The molecule has 2 rings (SSSR count). The number of ether oxygens (including phenoxy) is 2. The van der Waals surface area contributed by atoms with Crippen molar-refractivity contribution in [3.05, 3.63) is 24.3 Å². The number of aliphatic imine (C=N–C) groups is 1. The average molecular weight is 460 g/mol. The molecular weight excluding hydrogens is 440 g/mol. The van der Waals surface area contributed by atoms with E-state index in [9.17, 15) is 13.2 Å². The lowest BCUT2D eigenvalue weighted by atomic mass is 10.3. The third kappa shape index (κ3) is 7.09. The summed E-state index contributed by atoms with van der Waals surface area (Å²) in [6.07, 6.45) is -4.86. The Morgan fingerprint density at radius 2 is 2.17 bits per heavy atom. The standard InChI is InChI=1S/C14H19F3N4O2.HI/c1-21-6-7-22-10(9-21)8-19-13(18)20-11-4-2-3-5-12(11)23-14(15,16)17;/h2-5,10H,6-9H2,1H3,(H3,18,19,20);1H. The van der Waals surface area contributed by atoms with Crippen LogP contribution in [0.5, 0.6) is 5.75 Å². The molecule has 24 heavy (non-hydrogen) atoms. The van der Waals surface area contributed by atoms with E-state index in [0.717, 1.165) is 13.1 Å². The van der Waals surface area contributed by atoms with Gasteiger partial charge < -0.3 is 25.4 Å². The molecule has 1 aliphatic heterocycles. The van der Waals surface area contributed by atoms with Gasteiger partial charge in [-0.25, -0.2) is 0 Å². The number of nitrogens with two attached hydrogens (primary N) is 1. The van der Waals surface area contributed by atoms with E-state index in [1.54, 1.807) is 6.07 Å². The summed E-state index contributed by atoms with van der Waals surface area (Å²) in [7, 11) is 1.98. The minimum atomic E-state index is -4.77. The molecule has 10 heteroatoms. The van der Waals surface area contributed by atoms with Gasteiger partial charge in [0.15, 0.2) is 11.7 Å². The zero-order chi connectivity index (χ0) is 16.9. The van der Waals surface area contributed by atoms with Crippen molar-refractivity contribution in [3.8, 4) is 5.75 Å². The van der Waals surface area contributed by atoms with Crippen molar-refractivity contribution in [3.63, 3.8) is 0 Å². The molecule has 1 aliphatic rings. The number of halogens is 4. The summed E-state index contributed by atoms with van der Waals surface area (Å²) < 4.78 is 46.5. The second-order valence-electron chi connectivity index (χ2n) is 5.15. The van der Waals surface area contributed by atoms with Crippen LogP contribution < -0.4 is 15.8 Å². The maximum Gasteiger partial charge on any atom is 0.573 e. The van der Waals surface area contributed by atoms with Gasteiger partial charge in [0.05, 0.1) is 24.9 Å². The van der Waals surface area contributed by atoms with E-state index in [2.05, 4.69) is 19.9 Å². The van der Waals surface area contributed by atoms with Crippen molar-refractivity contribution in [1.82, 2.24) is 4.90 Å². The lowest BCUT2D eigenvalue weighted by molar-refractivity contribution is -0.274. The highest BCUT2D eigenvalue weighted by Crippen LogP contribution is 2.29. The van der Waals surface area contributed by atoms with E-state index >= 15 is 0 Å². The summed E-state index contributed by atoms with van der Waals surface area (Å²) in [5.41, 5.74) is 5.81. The zero-order valence-corrected chi connectivity index (χ0v) is 15.4. The maximum absolute atomic E-state index is 12.4. The molecule has 3 N–H and O–H groups in total. The van der Waals surface area contributed by atoms with Crippen molar-refractivity contribution in [2.45, 2.75) is 12.5 Å². The molecule has 1 unspecified atom stereocenters. The molecule has 0 spiro atoms. The van der Waals surface area contributed by atoms with Crippen molar-refractivity contribution in [2.75, 3.05) is 38.6 Å². The molecule has 0 radical (unpaired) electrons. The molecule has 0 bridgehead atoms. The third-order valence-corrected chi connectivity index (χ3v) is 3.18. The summed E-state index contributed by atoms with van der Waals surface area (Å²) in [5, 5.41) is 2.62. The van der Waals surface area contributed by atoms with Crippen molar-refractivity contribution < 1.29 is 22.6 Å². The fourth-order valence-corrected chi connectivity index (χ4v) is 2.14. The van der Waals surface area contributed by atoms with E-state index in [1.807, 2.05) is 7.05 Å². The Bertz CT molecular complexity index is 557. The van der Waals surface area contributed by atoms with E-state index in [-0.39, 0.29) is 47.5 Å². The number of anilines is 1. The van der Waals surface area contributed by atoms with Crippen LogP contribution in [0.4, 0.5) is 18.9 Å². The molecule has 1 heterocycles. The third-order valence-electron chi connectivity index (χ3n) is 3.18. The van der Waals surface area contributed by atoms with Crippen LogP contribution >= 0.6 is 24.0 Å². The first-order valence-electron chi connectivity index (χ1n) is 7.05. The Balaban J connectivity index is 0.00000288. The molecule has 1 saturated heterocycles. The minimum absolute atomic E-state index is 0. The zero-order valence-electron chi connectivity index (χ0n) is 13.0. The van der Waals surface area contributed by atoms with Crippen molar-refractivity contribution >= 4 is 35.6 Å². The number of nitrogens with zero attached hydrogens (tertiary/aromatic N) is 2. The molecule has 1 aromatic carbocycles. The number of guanidine groups is 1. The molecular formula is C14H20F3IN4O2. The Labute approximate surface area is 155 Å². The van der Waals surface area contributed by atoms with Crippen LogP contribution in [0.2, 0.25) is 0 Å². The Kier molecular flexibility index (Phi) is 8.03. The molecule has 0 saturated carbocycles. The number of benzene rings is 1. The maximum atomic E-state index is 12.4. The van der Waals surface area contributed by atoms with Crippen LogP contribution in [-0.4, -0.2) is 56.6 Å². The van der Waals surface area contributed by atoms with E-state index in [4.69, 9.17) is 10.5 Å². The highest BCUT2D eigenvalue weighted by Gasteiger charge is 2.32. The second kappa shape index (κ2) is 9.28. The van der Waals surface area contributed by atoms with Gasteiger partial charge in [-0.15, -0.1) is 37.1 Å². The van der Waals surface area contributed by atoms with Gasteiger partial charge in [0.2, 0.25) is 0 Å². The van der Waals surface area contributed by atoms with Gasteiger partial charge in [-0.3, -0.25) is 4.99 Å². The smallest absolute Gasteiger partial charge is 0.404 e. The summed E-state index contributed by atoms with van der Waals surface area (Å²) >= 11 is 0. The Morgan fingerprint density at radius 3 is 2.83 bits per heavy atom. The summed E-state index contributed by atoms with van der Waals surface area (Å²) in [4.78, 5) is 6.22. The monoisotopic (exact) mass is 460 g/mol. The van der Waals surface area contributed by atoms with Gasteiger partial charge in [0.25, 0.3) is 0 Å². The van der Waals surface area contributed by atoms with Crippen LogP contribution in [-0.2, 0) is 4.74 Å². The fourth-order valence-electron chi connectivity index (χ4n) is 2.14. The van der Waals surface area contributed by atoms with Gasteiger partial charge in [-0.1, -0.05) is 12.1 Å². The van der Waals surface area contributed by atoms with Gasteiger partial charge in [0, 0.05) is 13.1 Å². The predicted octanol–water partition coefficient (Wildman–Crippen LogP) is 2.26. The first-order chi connectivity index (χ1) is 10.8. The normalized spacial score (nSPS) is 19.5. The lowest BCUT2D eigenvalue weighted by Crippen LogP contribution is -2.41. The van der Waals surface area contributed by atoms with Crippen LogP contribution in [0, 0.1) is 0 Å². The van der Waals surface area contributed by atoms with Crippen LogP contribution in [0.25, 0.3) is 0 Å². The molecule has 0 aromatic heterocycles. The number of alkyl halides is 3. The molecule has 6 nitrogen and oxygen atoms in total. The SMILES string of the molecule is CN1CCOC(CN=C(N)Nc2ccccc2OC(F)(F)F)C1.I. The average Bonchev–Trinajstić information content (AvgIpc) is 2.46. The Morgan fingerprint density at radius 1 is 1.46 bits per heavy atom. The van der Waals surface area contributed by atoms with E-state index in [0.29, 0.717) is 13.2 Å². The van der Waals surface area contributed by atoms with Gasteiger partial charge in [0.1, 0.15) is 0 Å². The number of nitrogens with one attached hydrogen (secondary N) is 1. The highest BCUT2D eigenvalue weighted by molar-refractivity contribution is 14.0. The van der Waals surface area contributed by atoms with Gasteiger partial charge in [-0.2, -0.15) is 0 Å². The quantitative estimate of drug-likeness (QED) is 0.410. The second-order valence-corrected chi connectivity index (χ2v) is 5.15. The fraction of sp³-hybridized carbons (Fsp3) is 0.500. The van der Waals surface area contributed by atoms with Crippen LogP contribution in [0.15, 0.2) is 29.3 Å². The number of likely N-dealkylation sites (N-methyl/N-ethyl adjacent to an activating group) is 1. The largest absolute Gasteiger partial charge is 0.573 e. The number of rotatable bonds is 4. The molecule has 0 aliphatic carbocycles. The minimum Gasteiger partial charge on any atom is -0.404 e. The summed E-state index contributed by atoms with van der Waals surface area (Å²) in [6, 6.07) is 5.62. The lowest BCUT2D eigenvalue weighted by Gasteiger charge is -2.29. The molecule has 1 atom stereocenters. The first kappa shape index (κ1) is 20.8. The number of morpholine rings is 1. The highest BCUT2D eigenvalue weighted by atomic mass is 127. The Hall–Kier alpha value is -1.27. The summed E-state index contributed by atoms with van der Waals surface area (Å²) in [6.45, 7) is 2.53. The number of hydrogen-bond acceptors (Lipinski definition) is 4. The van der Waals surface area contributed by atoms with Crippen LogP contribution in [0.1, 0.15) is 0 Å².